The topological polar surface area (TPSA) is 97.4 Å². The zero-order chi connectivity index (χ0) is 21.9. The van der Waals surface area contributed by atoms with Gasteiger partial charge in [-0.3, -0.25) is 14.8 Å². The molecule has 7 nitrogen and oxygen atoms in total. The molecule has 1 heterocycles. The molecule has 0 saturated heterocycles. The van der Waals surface area contributed by atoms with Crippen LogP contribution >= 0.6 is 27.3 Å². The number of nitrogens with zero attached hydrogens (tertiary/aromatic N) is 1. The maximum Gasteiger partial charge on any atom is 0.263 e. The van der Waals surface area contributed by atoms with Gasteiger partial charge < -0.3 is 4.74 Å². The summed E-state index contributed by atoms with van der Waals surface area (Å²) in [4.78, 5) is 17.5. The number of amides is 1. The first-order valence-corrected chi connectivity index (χ1v) is 12.1. The number of benzene rings is 2. The second-order valence-electron chi connectivity index (χ2n) is 6.58. The molecular formula is C20H20BrN3O4S2. The Kier molecular flexibility index (Phi) is 6.79. The van der Waals surface area contributed by atoms with Crippen LogP contribution in [0.4, 0.5) is 10.8 Å². The number of carbonyl (C=O) groups excluding carboxylic acids is 1. The summed E-state index contributed by atoms with van der Waals surface area (Å²) in [5.41, 5.74) is 1.87. The highest BCUT2D eigenvalue weighted by atomic mass is 79.9. The number of aromatic nitrogens is 1. The number of anilines is 2. The number of nitrogens with one attached hydrogen (secondary N) is 2. The molecule has 0 spiro atoms. The number of thiazole rings is 1. The van der Waals surface area contributed by atoms with Gasteiger partial charge >= 0.3 is 0 Å². The highest BCUT2D eigenvalue weighted by molar-refractivity contribution is 9.10. The quantitative estimate of drug-likeness (QED) is 0.467. The third kappa shape index (κ3) is 5.00. The Morgan fingerprint density at radius 1 is 1.17 bits per heavy atom. The smallest absolute Gasteiger partial charge is 0.263 e. The molecule has 3 aromatic rings. The molecule has 0 aliphatic carbocycles. The van der Waals surface area contributed by atoms with Crippen LogP contribution in [-0.2, 0) is 10.0 Å². The maximum atomic E-state index is 13.0. The summed E-state index contributed by atoms with van der Waals surface area (Å²) in [5.74, 6) is -0.272. The molecule has 2 N–H and O–H groups in total. The number of carbonyl (C=O) groups is 1. The number of ether oxygens (including phenoxy) is 1. The van der Waals surface area contributed by atoms with Crippen molar-refractivity contribution in [2.75, 3.05) is 17.1 Å². The van der Waals surface area contributed by atoms with Gasteiger partial charge in [-0.1, -0.05) is 34.1 Å². The van der Waals surface area contributed by atoms with Gasteiger partial charge in [0.25, 0.3) is 5.91 Å². The van der Waals surface area contributed by atoms with E-state index < -0.39 is 21.2 Å². The summed E-state index contributed by atoms with van der Waals surface area (Å²) in [5, 5.41) is 4.30. The standard InChI is InChI=1S/C20H20BrN3O4S2/c1-12(2)30(26,27)24-15-5-4-6-17(28-3)18(15)19(25)23-20-22-16(11-29-20)13-7-9-14(21)10-8-13/h4-12,24H,1-3H3,(H,22,23,25). The Bertz CT molecular complexity index is 1160. The average molecular weight is 510 g/mol. The van der Waals surface area contributed by atoms with Gasteiger partial charge in [0.15, 0.2) is 5.13 Å². The molecule has 0 radical (unpaired) electrons. The molecule has 0 fully saturated rings. The molecule has 0 aliphatic rings. The third-order valence-corrected chi connectivity index (χ3v) is 7.24. The number of methoxy groups -OCH3 is 1. The molecule has 30 heavy (non-hydrogen) atoms. The Morgan fingerprint density at radius 2 is 1.87 bits per heavy atom. The number of halogens is 1. The van der Waals surface area contributed by atoms with Gasteiger partial charge in [0, 0.05) is 15.4 Å². The molecular weight excluding hydrogens is 490 g/mol. The number of hydrogen-bond acceptors (Lipinski definition) is 6. The molecule has 10 heteroatoms. The van der Waals surface area contributed by atoms with E-state index in [-0.39, 0.29) is 17.0 Å². The van der Waals surface area contributed by atoms with Crippen LogP contribution in [0.15, 0.2) is 52.3 Å². The van der Waals surface area contributed by atoms with Crippen LogP contribution in [0.2, 0.25) is 0 Å². The van der Waals surface area contributed by atoms with Gasteiger partial charge in [-0.15, -0.1) is 11.3 Å². The van der Waals surface area contributed by atoms with Crippen molar-refractivity contribution in [2.24, 2.45) is 0 Å². The van der Waals surface area contributed by atoms with E-state index in [0.29, 0.717) is 5.13 Å². The first-order valence-electron chi connectivity index (χ1n) is 8.92. The largest absolute Gasteiger partial charge is 0.496 e. The van der Waals surface area contributed by atoms with E-state index in [1.165, 1.54) is 24.5 Å². The van der Waals surface area contributed by atoms with Gasteiger partial charge in [0.1, 0.15) is 11.3 Å². The summed E-state index contributed by atoms with van der Waals surface area (Å²) < 4.78 is 33.4. The van der Waals surface area contributed by atoms with Crippen molar-refractivity contribution >= 4 is 54.0 Å². The molecule has 0 bridgehead atoms. The van der Waals surface area contributed by atoms with Crippen LogP contribution in [0.25, 0.3) is 11.3 Å². The molecule has 2 aromatic carbocycles. The fourth-order valence-corrected chi connectivity index (χ4v) is 4.23. The maximum absolute atomic E-state index is 13.0. The normalized spacial score (nSPS) is 11.4. The molecule has 1 aromatic heterocycles. The minimum absolute atomic E-state index is 0.0876. The Labute approximate surface area is 187 Å². The zero-order valence-electron chi connectivity index (χ0n) is 16.5. The molecule has 0 aliphatic heterocycles. The van der Waals surface area contributed by atoms with E-state index in [4.69, 9.17) is 4.74 Å². The van der Waals surface area contributed by atoms with E-state index in [2.05, 4.69) is 31.0 Å². The summed E-state index contributed by atoms with van der Waals surface area (Å²) in [6.07, 6.45) is 0. The first-order chi connectivity index (χ1) is 14.2. The number of rotatable bonds is 7. The third-order valence-electron chi connectivity index (χ3n) is 4.21. The summed E-state index contributed by atoms with van der Waals surface area (Å²) >= 11 is 4.67. The van der Waals surface area contributed by atoms with E-state index in [1.807, 2.05) is 29.6 Å². The number of hydrogen-bond donors (Lipinski definition) is 2. The summed E-state index contributed by atoms with van der Waals surface area (Å²) in [6, 6.07) is 12.4. The molecule has 0 saturated carbocycles. The lowest BCUT2D eigenvalue weighted by Crippen LogP contribution is -2.25. The van der Waals surface area contributed by atoms with Crippen molar-refractivity contribution in [1.29, 1.82) is 0 Å². The van der Waals surface area contributed by atoms with Crippen LogP contribution in [0.5, 0.6) is 5.75 Å². The van der Waals surface area contributed by atoms with E-state index in [1.54, 1.807) is 26.0 Å². The van der Waals surface area contributed by atoms with Crippen LogP contribution in [0.3, 0.4) is 0 Å². The predicted octanol–water partition coefficient (Wildman–Crippen LogP) is 4.98. The lowest BCUT2D eigenvalue weighted by Gasteiger charge is -2.16. The zero-order valence-corrected chi connectivity index (χ0v) is 19.7. The SMILES string of the molecule is COc1cccc(NS(=O)(=O)C(C)C)c1C(=O)Nc1nc(-c2ccc(Br)cc2)cs1. The Balaban J connectivity index is 1.89. The van der Waals surface area contributed by atoms with Crippen LogP contribution in [-0.4, -0.2) is 31.7 Å². The van der Waals surface area contributed by atoms with E-state index >= 15 is 0 Å². The van der Waals surface area contributed by atoms with E-state index in [0.717, 1.165) is 15.7 Å². The molecule has 0 unspecified atom stereocenters. The minimum atomic E-state index is -3.64. The van der Waals surface area contributed by atoms with Gasteiger partial charge in [-0.25, -0.2) is 13.4 Å². The van der Waals surface area contributed by atoms with Crippen molar-refractivity contribution in [3.05, 3.63) is 57.9 Å². The first kappa shape index (κ1) is 22.3. The molecule has 0 atom stereocenters. The van der Waals surface area contributed by atoms with Gasteiger partial charge in [-0.2, -0.15) is 0 Å². The second-order valence-corrected chi connectivity index (χ2v) is 10.6. The summed E-state index contributed by atoms with van der Waals surface area (Å²) in [6.45, 7) is 3.11. The molecule has 158 valence electrons. The van der Waals surface area contributed by atoms with Gasteiger partial charge in [-0.05, 0) is 38.1 Å². The Hall–Kier alpha value is -2.43. The van der Waals surface area contributed by atoms with Crippen molar-refractivity contribution in [3.63, 3.8) is 0 Å². The van der Waals surface area contributed by atoms with Crippen molar-refractivity contribution in [1.82, 2.24) is 4.98 Å². The lowest BCUT2D eigenvalue weighted by molar-refractivity contribution is 0.102. The Morgan fingerprint density at radius 3 is 2.50 bits per heavy atom. The lowest BCUT2D eigenvalue weighted by atomic mass is 10.1. The van der Waals surface area contributed by atoms with Crippen LogP contribution in [0.1, 0.15) is 24.2 Å². The van der Waals surface area contributed by atoms with Crippen molar-refractivity contribution in [2.45, 2.75) is 19.1 Å². The van der Waals surface area contributed by atoms with Crippen molar-refractivity contribution in [3.8, 4) is 17.0 Å². The van der Waals surface area contributed by atoms with E-state index in [9.17, 15) is 13.2 Å². The van der Waals surface area contributed by atoms with Crippen molar-refractivity contribution < 1.29 is 17.9 Å². The fraction of sp³-hybridized carbons (Fsp3) is 0.200. The second kappa shape index (κ2) is 9.15. The predicted molar refractivity (Wildman–Crippen MR) is 124 cm³/mol. The minimum Gasteiger partial charge on any atom is -0.496 e. The highest BCUT2D eigenvalue weighted by Gasteiger charge is 2.23. The fourth-order valence-electron chi connectivity index (χ4n) is 2.54. The molecule has 1 amide bonds. The average Bonchev–Trinajstić information content (AvgIpc) is 3.16. The summed E-state index contributed by atoms with van der Waals surface area (Å²) in [7, 11) is -2.22. The molecule has 3 rings (SSSR count). The van der Waals surface area contributed by atoms with Crippen LogP contribution < -0.4 is 14.8 Å². The highest BCUT2D eigenvalue weighted by Crippen LogP contribution is 2.31. The van der Waals surface area contributed by atoms with Crippen LogP contribution in [0, 0.1) is 0 Å². The number of sulfonamides is 1. The monoisotopic (exact) mass is 509 g/mol. The van der Waals surface area contributed by atoms with Gasteiger partial charge in [0.05, 0.1) is 23.7 Å². The van der Waals surface area contributed by atoms with Gasteiger partial charge in [0.2, 0.25) is 10.0 Å².